The number of aryl methyl sites for hydroxylation is 1. The van der Waals surface area contributed by atoms with Gasteiger partial charge >= 0.3 is 0 Å². The highest BCUT2D eigenvalue weighted by Gasteiger charge is 2.38. The molecule has 1 atom stereocenters. The number of carbonyl (C=O) groups excluding carboxylic acids is 2. The summed E-state index contributed by atoms with van der Waals surface area (Å²) < 4.78 is 1.57. The largest absolute Gasteiger partial charge is 0.365 e. The van der Waals surface area contributed by atoms with E-state index in [4.69, 9.17) is 5.73 Å². The predicted octanol–water partition coefficient (Wildman–Crippen LogP) is 0.436. The second-order valence-corrected chi connectivity index (χ2v) is 6.25. The molecule has 8 heteroatoms. The van der Waals surface area contributed by atoms with Crippen molar-refractivity contribution in [3.05, 3.63) is 35.4 Å². The molecule has 8 nitrogen and oxygen atoms in total. The van der Waals surface area contributed by atoms with Crippen LogP contribution in [0, 0.1) is 0 Å². The number of nitrogens with zero attached hydrogens (tertiary/aromatic N) is 4. The summed E-state index contributed by atoms with van der Waals surface area (Å²) in [5, 5.41) is 10.9. The maximum absolute atomic E-state index is 12.7. The standard InChI is InChI=1S/C15H20N6O2/c1-15(12-10(13(16)22)8-17-19-12)5-3-7-21(9-15)14(23)11-4-6-18-20(11)2/h4,6,8H,3,5,7,9H2,1-2H3,(H2,16,22)(H,17,19). The lowest BCUT2D eigenvalue weighted by atomic mass is 9.77. The summed E-state index contributed by atoms with van der Waals surface area (Å²) in [6.07, 6.45) is 4.75. The summed E-state index contributed by atoms with van der Waals surface area (Å²) in [5.74, 6) is -0.568. The molecule has 23 heavy (non-hydrogen) atoms. The molecule has 3 rings (SSSR count). The van der Waals surface area contributed by atoms with Gasteiger partial charge in [0, 0.05) is 31.7 Å². The fourth-order valence-electron chi connectivity index (χ4n) is 3.30. The molecule has 2 aromatic rings. The Kier molecular flexibility index (Phi) is 3.67. The van der Waals surface area contributed by atoms with Crippen LogP contribution in [-0.2, 0) is 12.5 Å². The number of amides is 2. The summed E-state index contributed by atoms with van der Waals surface area (Å²) in [7, 11) is 1.75. The lowest BCUT2D eigenvalue weighted by Gasteiger charge is -2.40. The molecule has 1 saturated heterocycles. The molecule has 1 aliphatic heterocycles. The Morgan fingerprint density at radius 3 is 2.87 bits per heavy atom. The van der Waals surface area contributed by atoms with E-state index in [0.717, 1.165) is 12.8 Å². The van der Waals surface area contributed by atoms with Crippen LogP contribution in [0.2, 0.25) is 0 Å². The zero-order chi connectivity index (χ0) is 16.6. The molecule has 3 heterocycles. The first-order valence-corrected chi connectivity index (χ1v) is 7.53. The zero-order valence-electron chi connectivity index (χ0n) is 13.2. The van der Waals surface area contributed by atoms with Gasteiger partial charge in [-0.05, 0) is 18.9 Å². The van der Waals surface area contributed by atoms with E-state index in [1.807, 2.05) is 6.92 Å². The number of likely N-dealkylation sites (tertiary alicyclic amines) is 1. The minimum atomic E-state index is -0.509. The highest BCUT2D eigenvalue weighted by molar-refractivity contribution is 5.94. The third kappa shape index (κ3) is 2.60. The van der Waals surface area contributed by atoms with Crippen molar-refractivity contribution in [2.45, 2.75) is 25.2 Å². The number of rotatable bonds is 3. The number of carbonyl (C=O) groups is 2. The van der Waals surface area contributed by atoms with E-state index >= 15 is 0 Å². The lowest BCUT2D eigenvalue weighted by Crippen LogP contribution is -2.48. The zero-order valence-corrected chi connectivity index (χ0v) is 13.2. The maximum Gasteiger partial charge on any atom is 0.272 e. The second kappa shape index (κ2) is 5.53. The summed E-state index contributed by atoms with van der Waals surface area (Å²) in [5.41, 5.74) is 6.69. The fraction of sp³-hybridized carbons (Fsp3) is 0.467. The first-order valence-electron chi connectivity index (χ1n) is 7.53. The highest BCUT2D eigenvalue weighted by atomic mass is 16.2. The average Bonchev–Trinajstić information content (AvgIpc) is 3.15. The number of nitrogens with one attached hydrogen (secondary N) is 1. The Morgan fingerprint density at radius 2 is 2.22 bits per heavy atom. The number of H-pyrrole nitrogens is 1. The van der Waals surface area contributed by atoms with Crippen molar-refractivity contribution >= 4 is 11.8 Å². The van der Waals surface area contributed by atoms with Gasteiger partial charge in [-0.3, -0.25) is 19.4 Å². The van der Waals surface area contributed by atoms with E-state index in [-0.39, 0.29) is 11.3 Å². The number of aromatic amines is 1. The van der Waals surface area contributed by atoms with Gasteiger partial charge < -0.3 is 10.6 Å². The van der Waals surface area contributed by atoms with Crippen molar-refractivity contribution in [2.75, 3.05) is 13.1 Å². The van der Waals surface area contributed by atoms with Crippen molar-refractivity contribution in [1.82, 2.24) is 24.9 Å². The number of nitrogens with two attached hydrogens (primary N) is 1. The van der Waals surface area contributed by atoms with Crippen LogP contribution >= 0.6 is 0 Å². The van der Waals surface area contributed by atoms with Gasteiger partial charge in [-0.2, -0.15) is 10.2 Å². The molecule has 0 bridgehead atoms. The molecule has 2 amide bonds. The van der Waals surface area contributed by atoms with Gasteiger partial charge in [0.05, 0.1) is 17.5 Å². The molecule has 122 valence electrons. The van der Waals surface area contributed by atoms with E-state index in [0.29, 0.717) is 30.0 Å². The molecule has 2 aromatic heterocycles. The third-order valence-electron chi connectivity index (χ3n) is 4.53. The van der Waals surface area contributed by atoms with E-state index in [1.54, 1.807) is 28.9 Å². The number of aromatic nitrogens is 4. The van der Waals surface area contributed by atoms with Crippen LogP contribution in [0.1, 0.15) is 46.3 Å². The molecule has 1 unspecified atom stereocenters. The first kappa shape index (κ1) is 15.3. The van der Waals surface area contributed by atoms with Crippen LogP contribution < -0.4 is 5.73 Å². The van der Waals surface area contributed by atoms with E-state index in [9.17, 15) is 9.59 Å². The molecule has 3 N–H and O–H groups in total. The van der Waals surface area contributed by atoms with Gasteiger partial charge in [0.15, 0.2) is 0 Å². The maximum atomic E-state index is 12.7. The molecule has 0 aromatic carbocycles. The topological polar surface area (TPSA) is 110 Å². The van der Waals surface area contributed by atoms with Gasteiger partial charge in [0.2, 0.25) is 0 Å². The van der Waals surface area contributed by atoms with Crippen LogP contribution in [0.5, 0.6) is 0 Å². The molecule has 0 spiro atoms. The predicted molar refractivity (Wildman–Crippen MR) is 82.8 cm³/mol. The summed E-state index contributed by atoms with van der Waals surface area (Å²) >= 11 is 0. The number of primary amides is 1. The summed E-state index contributed by atoms with van der Waals surface area (Å²) in [6, 6.07) is 1.71. The van der Waals surface area contributed by atoms with Crippen LogP contribution in [0.4, 0.5) is 0 Å². The SMILES string of the molecule is Cn1nccc1C(=O)N1CCCC(C)(c2[nH]ncc2C(N)=O)C1. The number of hydrogen-bond donors (Lipinski definition) is 2. The third-order valence-corrected chi connectivity index (χ3v) is 4.53. The van der Waals surface area contributed by atoms with Gasteiger partial charge in [0.1, 0.15) is 5.69 Å². The Labute approximate surface area is 133 Å². The average molecular weight is 316 g/mol. The summed E-state index contributed by atoms with van der Waals surface area (Å²) in [4.78, 5) is 26.1. The Balaban J connectivity index is 1.88. The smallest absolute Gasteiger partial charge is 0.272 e. The van der Waals surface area contributed by atoms with Crippen molar-refractivity contribution in [2.24, 2.45) is 12.8 Å². The monoisotopic (exact) mass is 316 g/mol. The number of piperidine rings is 1. The van der Waals surface area contributed by atoms with E-state index < -0.39 is 5.91 Å². The molecule has 1 fully saturated rings. The quantitative estimate of drug-likeness (QED) is 0.856. The van der Waals surface area contributed by atoms with Crippen molar-refractivity contribution in [1.29, 1.82) is 0 Å². The van der Waals surface area contributed by atoms with Crippen molar-refractivity contribution in [3.63, 3.8) is 0 Å². The normalized spacial score (nSPS) is 21.4. The first-order chi connectivity index (χ1) is 10.9. The van der Waals surface area contributed by atoms with Crippen LogP contribution in [0.3, 0.4) is 0 Å². The fourth-order valence-corrected chi connectivity index (χ4v) is 3.30. The van der Waals surface area contributed by atoms with Crippen LogP contribution in [-0.4, -0.2) is 49.8 Å². The Morgan fingerprint density at radius 1 is 1.43 bits per heavy atom. The van der Waals surface area contributed by atoms with Crippen molar-refractivity contribution < 1.29 is 9.59 Å². The van der Waals surface area contributed by atoms with Gasteiger partial charge in [0.25, 0.3) is 11.8 Å². The Bertz CT molecular complexity index is 749. The van der Waals surface area contributed by atoms with E-state index in [1.165, 1.54) is 6.20 Å². The van der Waals surface area contributed by atoms with Crippen LogP contribution in [0.15, 0.2) is 18.5 Å². The molecule has 0 saturated carbocycles. The van der Waals surface area contributed by atoms with Gasteiger partial charge in [-0.25, -0.2) is 0 Å². The van der Waals surface area contributed by atoms with Gasteiger partial charge in [-0.1, -0.05) is 6.92 Å². The Hall–Kier alpha value is -2.64. The highest BCUT2D eigenvalue weighted by Crippen LogP contribution is 2.34. The number of hydrogen-bond acceptors (Lipinski definition) is 4. The van der Waals surface area contributed by atoms with E-state index in [2.05, 4.69) is 15.3 Å². The van der Waals surface area contributed by atoms with Gasteiger partial charge in [-0.15, -0.1) is 0 Å². The van der Waals surface area contributed by atoms with Crippen molar-refractivity contribution in [3.8, 4) is 0 Å². The molecular weight excluding hydrogens is 296 g/mol. The summed E-state index contributed by atoms with van der Waals surface area (Å²) in [6.45, 7) is 3.20. The minimum Gasteiger partial charge on any atom is -0.365 e. The minimum absolute atomic E-state index is 0.0592. The molecule has 0 radical (unpaired) electrons. The second-order valence-electron chi connectivity index (χ2n) is 6.25. The molecule has 1 aliphatic rings. The lowest BCUT2D eigenvalue weighted by molar-refractivity contribution is 0.0636. The van der Waals surface area contributed by atoms with Crippen LogP contribution in [0.25, 0.3) is 0 Å². The molecule has 0 aliphatic carbocycles. The molecular formula is C15H20N6O2.